The van der Waals surface area contributed by atoms with Crippen molar-refractivity contribution in [1.29, 1.82) is 0 Å². The Morgan fingerprint density at radius 1 is 0.500 bits per heavy atom. The van der Waals surface area contributed by atoms with Gasteiger partial charge in [0.2, 0.25) is 0 Å². The van der Waals surface area contributed by atoms with Gasteiger partial charge in [-0.3, -0.25) is 0 Å². The molecule has 0 radical (unpaired) electrons. The standard InChI is InChI=1S/C33H46N2O3/c36-30-15-11-14-28(26-30)16-18-31-29(17-19-32(37)33(31)38)21-25-35-23-10-5-3-1-2-4-9-22-34-24-20-27-12-7-6-8-13-27/h6-8,11-15,17,19,26,34-38H,1-5,9-10,16,18,20-25H2. The van der Waals surface area contributed by atoms with Crippen LogP contribution in [0.25, 0.3) is 0 Å². The molecule has 0 unspecified atom stereocenters. The summed E-state index contributed by atoms with van der Waals surface area (Å²) in [6.45, 7) is 4.03. The summed E-state index contributed by atoms with van der Waals surface area (Å²) >= 11 is 0. The van der Waals surface area contributed by atoms with E-state index in [2.05, 4.69) is 41.0 Å². The third-order valence-electron chi connectivity index (χ3n) is 7.14. The number of nitrogens with one attached hydrogen (secondary N) is 2. The zero-order valence-electron chi connectivity index (χ0n) is 22.8. The lowest BCUT2D eigenvalue weighted by Gasteiger charge is -2.14. The van der Waals surface area contributed by atoms with Crippen LogP contribution >= 0.6 is 0 Å². The fourth-order valence-electron chi connectivity index (χ4n) is 4.89. The normalized spacial score (nSPS) is 11.2. The van der Waals surface area contributed by atoms with Gasteiger partial charge in [0.25, 0.3) is 0 Å². The molecule has 0 fully saturated rings. The quantitative estimate of drug-likeness (QED) is 0.0952. The summed E-state index contributed by atoms with van der Waals surface area (Å²) in [6.07, 6.45) is 12.2. The van der Waals surface area contributed by atoms with Crippen LogP contribution in [0, 0.1) is 0 Å². The van der Waals surface area contributed by atoms with Crippen LogP contribution in [-0.2, 0) is 25.7 Å². The summed E-state index contributed by atoms with van der Waals surface area (Å²) in [6, 6.07) is 21.3. The minimum Gasteiger partial charge on any atom is -0.508 e. The van der Waals surface area contributed by atoms with Crippen LogP contribution in [0.1, 0.15) is 67.2 Å². The highest BCUT2D eigenvalue weighted by atomic mass is 16.3. The number of phenols is 3. The van der Waals surface area contributed by atoms with Gasteiger partial charge in [0.1, 0.15) is 5.75 Å². The highest BCUT2D eigenvalue weighted by Crippen LogP contribution is 2.32. The number of benzene rings is 3. The zero-order valence-corrected chi connectivity index (χ0v) is 22.8. The van der Waals surface area contributed by atoms with E-state index in [0.29, 0.717) is 12.8 Å². The van der Waals surface area contributed by atoms with Crippen LogP contribution in [0.4, 0.5) is 0 Å². The molecule has 0 spiro atoms. The molecule has 0 aliphatic rings. The first-order valence-corrected chi connectivity index (χ1v) is 14.4. The van der Waals surface area contributed by atoms with Gasteiger partial charge in [-0.1, -0.05) is 80.6 Å². The van der Waals surface area contributed by atoms with E-state index in [9.17, 15) is 15.3 Å². The summed E-state index contributed by atoms with van der Waals surface area (Å²) < 4.78 is 0. The molecule has 206 valence electrons. The molecule has 3 rings (SSSR count). The number of aromatic hydroxyl groups is 3. The molecule has 0 aromatic heterocycles. The Kier molecular flexibility index (Phi) is 13.6. The van der Waals surface area contributed by atoms with E-state index in [-0.39, 0.29) is 17.2 Å². The van der Waals surface area contributed by atoms with Gasteiger partial charge in [0, 0.05) is 5.56 Å². The van der Waals surface area contributed by atoms with Crippen LogP contribution in [0.5, 0.6) is 17.2 Å². The second kappa shape index (κ2) is 17.5. The van der Waals surface area contributed by atoms with Crippen molar-refractivity contribution in [3.8, 4) is 17.2 Å². The molecule has 0 aliphatic heterocycles. The van der Waals surface area contributed by atoms with Crippen molar-refractivity contribution in [2.24, 2.45) is 0 Å². The van der Waals surface area contributed by atoms with Gasteiger partial charge in [-0.15, -0.1) is 0 Å². The molecule has 5 N–H and O–H groups in total. The van der Waals surface area contributed by atoms with E-state index in [4.69, 9.17) is 0 Å². The predicted octanol–water partition coefficient (Wildman–Crippen LogP) is 6.28. The van der Waals surface area contributed by atoms with Gasteiger partial charge in [-0.05, 0) is 99.6 Å². The SMILES string of the molecule is Oc1cccc(CCc2c(CCNCCCCCCCCCNCCc3ccccc3)ccc(O)c2O)c1. The zero-order chi connectivity index (χ0) is 26.8. The third-order valence-corrected chi connectivity index (χ3v) is 7.14. The van der Waals surface area contributed by atoms with E-state index in [0.717, 1.165) is 55.7 Å². The average Bonchev–Trinajstić information content (AvgIpc) is 2.93. The number of hydrogen-bond donors (Lipinski definition) is 5. The Hall–Kier alpha value is -3.02. The molecular weight excluding hydrogens is 472 g/mol. The Bertz CT molecular complexity index is 1060. The number of hydrogen-bond acceptors (Lipinski definition) is 5. The lowest BCUT2D eigenvalue weighted by molar-refractivity contribution is 0.398. The first kappa shape index (κ1) is 29.5. The van der Waals surface area contributed by atoms with Crippen molar-refractivity contribution < 1.29 is 15.3 Å². The Labute approximate surface area is 229 Å². The van der Waals surface area contributed by atoms with Crippen molar-refractivity contribution in [1.82, 2.24) is 10.6 Å². The molecule has 0 bridgehead atoms. The van der Waals surface area contributed by atoms with Crippen LogP contribution in [0.2, 0.25) is 0 Å². The van der Waals surface area contributed by atoms with Gasteiger partial charge in [0.05, 0.1) is 0 Å². The molecular formula is C33H46N2O3. The lowest BCUT2D eigenvalue weighted by atomic mass is 9.96. The van der Waals surface area contributed by atoms with Gasteiger partial charge in [0.15, 0.2) is 11.5 Å². The van der Waals surface area contributed by atoms with Crippen LogP contribution in [0.3, 0.4) is 0 Å². The Balaban J connectivity index is 1.19. The highest BCUT2D eigenvalue weighted by Gasteiger charge is 2.12. The second-order valence-electron chi connectivity index (χ2n) is 10.2. The molecule has 0 aliphatic carbocycles. The van der Waals surface area contributed by atoms with Crippen LogP contribution < -0.4 is 10.6 Å². The third kappa shape index (κ3) is 11.2. The van der Waals surface area contributed by atoms with Gasteiger partial charge >= 0.3 is 0 Å². The summed E-state index contributed by atoms with van der Waals surface area (Å²) in [5.74, 6) is 0.145. The summed E-state index contributed by atoms with van der Waals surface area (Å²) in [4.78, 5) is 0. The topological polar surface area (TPSA) is 84.8 Å². The van der Waals surface area contributed by atoms with Crippen molar-refractivity contribution in [2.75, 3.05) is 26.2 Å². The van der Waals surface area contributed by atoms with Crippen LogP contribution in [0.15, 0.2) is 66.7 Å². The molecule has 0 saturated heterocycles. The van der Waals surface area contributed by atoms with Gasteiger partial charge in [-0.25, -0.2) is 0 Å². The largest absolute Gasteiger partial charge is 0.508 e. The predicted molar refractivity (Wildman–Crippen MR) is 157 cm³/mol. The maximum Gasteiger partial charge on any atom is 0.160 e. The molecule has 38 heavy (non-hydrogen) atoms. The molecule has 5 nitrogen and oxygen atoms in total. The molecule has 0 amide bonds. The highest BCUT2D eigenvalue weighted by molar-refractivity contribution is 5.49. The summed E-state index contributed by atoms with van der Waals surface area (Å²) in [5, 5.41) is 37.2. The van der Waals surface area contributed by atoms with E-state index < -0.39 is 0 Å². The van der Waals surface area contributed by atoms with E-state index in [1.165, 1.54) is 50.5 Å². The molecule has 0 atom stereocenters. The van der Waals surface area contributed by atoms with Crippen molar-refractivity contribution in [3.63, 3.8) is 0 Å². The van der Waals surface area contributed by atoms with E-state index in [1.807, 2.05) is 18.2 Å². The molecule has 3 aromatic carbocycles. The fourth-order valence-corrected chi connectivity index (χ4v) is 4.89. The molecule has 3 aromatic rings. The van der Waals surface area contributed by atoms with Gasteiger partial charge in [-0.2, -0.15) is 0 Å². The fraction of sp³-hybridized carbons (Fsp3) is 0.455. The number of aryl methyl sites for hydroxylation is 1. The summed E-state index contributed by atoms with van der Waals surface area (Å²) in [7, 11) is 0. The lowest BCUT2D eigenvalue weighted by Crippen LogP contribution is -2.19. The van der Waals surface area contributed by atoms with E-state index >= 15 is 0 Å². The minimum absolute atomic E-state index is 0.0226. The number of rotatable bonds is 19. The van der Waals surface area contributed by atoms with Crippen LogP contribution in [-0.4, -0.2) is 41.5 Å². The number of phenolic OH excluding ortho intramolecular Hbond substituents is 3. The maximum atomic E-state index is 10.4. The first-order chi connectivity index (χ1) is 18.6. The van der Waals surface area contributed by atoms with Crippen molar-refractivity contribution in [3.05, 3.63) is 89.0 Å². The van der Waals surface area contributed by atoms with Crippen molar-refractivity contribution in [2.45, 2.75) is 70.6 Å². The number of unbranched alkanes of at least 4 members (excludes halogenated alkanes) is 6. The van der Waals surface area contributed by atoms with E-state index in [1.54, 1.807) is 18.2 Å². The average molecular weight is 519 g/mol. The van der Waals surface area contributed by atoms with Gasteiger partial charge < -0.3 is 26.0 Å². The molecule has 0 heterocycles. The monoisotopic (exact) mass is 518 g/mol. The maximum absolute atomic E-state index is 10.4. The summed E-state index contributed by atoms with van der Waals surface area (Å²) in [5.41, 5.74) is 4.26. The second-order valence-corrected chi connectivity index (χ2v) is 10.2. The Morgan fingerprint density at radius 3 is 1.82 bits per heavy atom. The first-order valence-electron chi connectivity index (χ1n) is 14.4. The minimum atomic E-state index is -0.0769. The smallest absolute Gasteiger partial charge is 0.160 e. The molecule has 0 saturated carbocycles. The van der Waals surface area contributed by atoms with Crippen molar-refractivity contribution >= 4 is 0 Å². The Morgan fingerprint density at radius 2 is 1.13 bits per heavy atom. The molecule has 5 heteroatoms.